The van der Waals surface area contributed by atoms with Crippen LogP contribution in [0.2, 0.25) is 0 Å². The minimum absolute atomic E-state index is 0.118. The predicted molar refractivity (Wildman–Crippen MR) is 103 cm³/mol. The Bertz CT molecular complexity index is 776. The van der Waals surface area contributed by atoms with Gasteiger partial charge in [-0.1, -0.05) is 12.1 Å². The van der Waals surface area contributed by atoms with Crippen LogP contribution in [0.1, 0.15) is 31.2 Å². The predicted octanol–water partition coefficient (Wildman–Crippen LogP) is 3.57. The number of benzene rings is 1. The third kappa shape index (κ3) is 5.09. The number of ether oxygens (including phenoxy) is 2. The first-order valence-corrected chi connectivity index (χ1v) is 9.32. The molecular formula is C20H26N4O3. The molecule has 1 saturated heterocycles. The van der Waals surface area contributed by atoms with E-state index in [1.165, 1.54) is 0 Å². The first-order chi connectivity index (χ1) is 13.0. The summed E-state index contributed by atoms with van der Waals surface area (Å²) in [7, 11) is 0. The lowest BCUT2D eigenvalue weighted by molar-refractivity contribution is 0.0980. The number of urea groups is 1. The smallest absolute Gasteiger partial charge is 0.322 e. The Morgan fingerprint density at radius 3 is 2.74 bits per heavy atom. The van der Waals surface area contributed by atoms with E-state index in [0.29, 0.717) is 37.1 Å². The summed E-state index contributed by atoms with van der Waals surface area (Å²) >= 11 is 0. The van der Waals surface area contributed by atoms with Gasteiger partial charge in [0.15, 0.2) is 0 Å². The number of carbonyl (C=O) groups excluding carboxylic acids is 1. The molecule has 1 aliphatic heterocycles. The molecule has 27 heavy (non-hydrogen) atoms. The summed E-state index contributed by atoms with van der Waals surface area (Å²) in [6.07, 6.45) is 1.62. The number of hydrogen-bond donors (Lipinski definition) is 1. The maximum atomic E-state index is 12.7. The van der Waals surface area contributed by atoms with Crippen LogP contribution < -0.4 is 14.8 Å². The highest BCUT2D eigenvalue weighted by Crippen LogP contribution is 2.25. The summed E-state index contributed by atoms with van der Waals surface area (Å²) in [4.78, 5) is 23.1. The van der Waals surface area contributed by atoms with Crippen LogP contribution in [-0.2, 0) is 0 Å². The molecule has 3 rings (SSSR count). The van der Waals surface area contributed by atoms with Gasteiger partial charge < -0.3 is 19.7 Å². The number of anilines is 1. The lowest BCUT2D eigenvalue weighted by Crippen LogP contribution is -2.46. The number of carbonyl (C=O) groups is 1. The SMILES string of the molecule is CCOc1ccccc1NC(=O)N1CCCC(Oc2nc(C)cc(C)n2)C1. The molecule has 0 radical (unpaired) electrons. The molecule has 1 N–H and O–H groups in total. The Hall–Kier alpha value is -2.83. The Balaban J connectivity index is 1.63. The van der Waals surface area contributed by atoms with Crippen LogP contribution in [0.3, 0.4) is 0 Å². The number of aryl methyl sites for hydroxylation is 2. The quantitative estimate of drug-likeness (QED) is 0.871. The van der Waals surface area contributed by atoms with E-state index in [9.17, 15) is 4.79 Å². The average molecular weight is 370 g/mol. The fourth-order valence-corrected chi connectivity index (χ4v) is 3.16. The van der Waals surface area contributed by atoms with Gasteiger partial charge in [0, 0.05) is 17.9 Å². The van der Waals surface area contributed by atoms with Crippen molar-refractivity contribution < 1.29 is 14.3 Å². The molecule has 2 heterocycles. The monoisotopic (exact) mass is 370 g/mol. The van der Waals surface area contributed by atoms with Crippen molar-refractivity contribution in [3.63, 3.8) is 0 Å². The average Bonchev–Trinajstić information content (AvgIpc) is 2.63. The molecule has 0 bridgehead atoms. The normalized spacial score (nSPS) is 16.7. The van der Waals surface area contributed by atoms with E-state index < -0.39 is 0 Å². The number of nitrogens with one attached hydrogen (secondary N) is 1. The third-order valence-electron chi connectivity index (χ3n) is 4.33. The Kier molecular flexibility index (Phi) is 6.11. The zero-order chi connectivity index (χ0) is 19.2. The Morgan fingerprint density at radius 1 is 1.26 bits per heavy atom. The highest BCUT2D eigenvalue weighted by atomic mass is 16.5. The summed E-state index contributed by atoms with van der Waals surface area (Å²) in [6.45, 7) is 7.48. The van der Waals surface area contributed by atoms with E-state index in [0.717, 1.165) is 24.2 Å². The van der Waals surface area contributed by atoms with E-state index in [2.05, 4.69) is 15.3 Å². The van der Waals surface area contributed by atoms with Crippen molar-refractivity contribution in [2.24, 2.45) is 0 Å². The van der Waals surface area contributed by atoms with E-state index in [1.807, 2.05) is 51.1 Å². The third-order valence-corrected chi connectivity index (χ3v) is 4.33. The van der Waals surface area contributed by atoms with Gasteiger partial charge in [0.1, 0.15) is 11.9 Å². The van der Waals surface area contributed by atoms with Gasteiger partial charge in [-0.25, -0.2) is 14.8 Å². The van der Waals surface area contributed by atoms with Crippen LogP contribution in [0.25, 0.3) is 0 Å². The number of hydrogen-bond acceptors (Lipinski definition) is 5. The minimum atomic E-state index is -0.156. The van der Waals surface area contributed by atoms with Crippen LogP contribution in [0.15, 0.2) is 30.3 Å². The molecule has 2 amide bonds. The number of aromatic nitrogens is 2. The summed E-state index contributed by atoms with van der Waals surface area (Å²) in [5.41, 5.74) is 2.41. The fraction of sp³-hybridized carbons (Fsp3) is 0.450. The van der Waals surface area contributed by atoms with E-state index in [4.69, 9.17) is 9.47 Å². The lowest BCUT2D eigenvalue weighted by Gasteiger charge is -2.32. The van der Waals surface area contributed by atoms with Gasteiger partial charge in [0.2, 0.25) is 0 Å². The molecule has 1 aliphatic rings. The van der Waals surface area contributed by atoms with Gasteiger partial charge in [-0.2, -0.15) is 0 Å². The highest BCUT2D eigenvalue weighted by molar-refractivity contribution is 5.91. The maximum Gasteiger partial charge on any atom is 0.322 e. The first kappa shape index (κ1) is 18.9. The van der Waals surface area contributed by atoms with E-state index >= 15 is 0 Å². The molecule has 0 aliphatic carbocycles. The summed E-state index contributed by atoms with van der Waals surface area (Å²) in [5.74, 6) is 0.668. The van der Waals surface area contributed by atoms with Gasteiger partial charge in [-0.3, -0.25) is 0 Å². The van der Waals surface area contributed by atoms with Gasteiger partial charge >= 0.3 is 12.0 Å². The number of para-hydroxylation sites is 2. The molecule has 1 atom stereocenters. The molecule has 0 saturated carbocycles. The summed E-state index contributed by atoms with van der Waals surface area (Å²) in [5, 5.41) is 2.94. The number of rotatable bonds is 5. The summed E-state index contributed by atoms with van der Waals surface area (Å²) < 4.78 is 11.5. The van der Waals surface area contributed by atoms with Gasteiger partial charge in [0.25, 0.3) is 0 Å². The second-order valence-electron chi connectivity index (χ2n) is 6.62. The molecule has 1 aromatic heterocycles. The van der Waals surface area contributed by atoms with Crippen LogP contribution in [0, 0.1) is 13.8 Å². The maximum absolute atomic E-state index is 12.7. The molecule has 7 nitrogen and oxygen atoms in total. The second kappa shape index (κ2) is 8.70. The molecular weight excluding hydrogens is 344 g/mol. The van der Waals surface area contributed by atoms with Crippen molar-refractivity contribution in [2.45, 2.75) is 39.7 Å². The van der Waals surface area contributed by atoms with Gasteiger partial charge in [-0.15, -0.1) is 0 Å². The van der Waals surface area contributed by atoms with E-state index in [1.54, 1.807) is 4.90 Å². The number of amides is 2. The topological polar surface area (TPSA) is 76.6 Å². The molecule has 7 heteroatoms. The standard InChI is InChI=1S/C20H26N4O3/c1-4-26-18-10-6-5-9-17(18)23-20(25)24-11-7-8-16(13-24)27-19-21-14(2)12-15(3)22-19/h5-6,9-10,12,16H,4,7-8,11,13H2,1-3H3,(H,23,25). The zero-order valence-electron chi connectivity index (χ0n) is 16.1. The second-order valence-corrected chi connectivity index (χ2v) is 6.62. The highest BCUT2D eigenvalue weighted by Gasteiger charge is 2.26. The van der Waals surface area contributed by atoms with Crippen molar-refractivity contribution in [2.75, 3.05) is 25.0 Å². The zero-order valence-corrected chi connectivity index (χ0v) is 16.1. The number of nitrogens with zero attached hydrogens (tertiary/aromatic N) is 3. The Morgan fingerprint density at radius 2 is 2.00 bits per heavy atom. The van der Waals surface area contributed by atoms with Gasteiger partial charge in [-0.05, 0) is 51.8 Å². The van der Waals surface area contributed by atoms with Crippen molar-refractivity contribution in [3.8, 4) is 11.8 Å². The minimum Gasteiger partial charge on any atom is -0.492 e. The van der Waals surface area contributed by atoms with Crippen LogP contribution in [0.4, 0.5) is 10.5 Å². The van der Waals surface area contributed by atoms with Crippen molar-refractivity contribution >= 4 is 11.7 Å². The van der Waals surface area contributed by atoms with Crippen LogP contribution in [0.5, 0.6) is 11.8 Å². The largest absolute Gasteiger partial charge is 0.492 e. The van der Waals surface area contributed by atoms with Crippen molar-refractivity contribution in [3.05, 3.63) is 41.7 Å². The fourth-order valence-electron chi connectivity index (χ4n) is 3.16. The van der Waals surface area contributed by atoms with E-state index in [-0.39, 0.29) is 12.1 Å². The first-order valence-electron chi connectivity index (χ1n) is 9.32. The molecule has 1 unspecified atom stereocenters. The number of likely N-dealkylation sites (tertiary alicyclic amines) is 1. The Labute approximate surface area is 159 Å². The molecule has 1 fully saturated rings. The molecule has 0 spiro atoms. The van der Waals surface area contributed by atoms with Crippen LogP contribution >= 0.6 is 0 Å². The lowest BCUT2D eigenvalue weighted by atomic mass is 10.1. The van der Waals surface area contributed by atoms with Crippen molar-refractivity contribution in [1.82, 2.24) is 14.9 Å². The molecule has 2 aromatic rings. The van der Waals surface area contributed by atoms with Gasteiger partial charge in [0.05, 0.1) is 18.8 Å². The number of piperidine rings is 1. The van der Waals surface area contributed by atoms with Crippen LogP contribution in [-0.4, -0.2) is 46.7 Å². The molecule has 144 valence electrons. The van der Waals surface area contributed by atoms with Crippen molar-refractivity contribution in [1.29, 1.82) is 0 Å². The summed E-state index contributed by atoms with van der Waals surface area (Å²) in [6, 6.07) is 9.57. The molecule has 1 aromatic carbocycles.